The highest BCUT2D eigenvalue weighted by molar-refractivity contribution is 7.91. The lowest BCUT2D eigenvalue weighted by Crippen LogP contribution is -2.23. The monoisotopic (exact) mass is 419 g/mol. The molecular formula is C19H21N3O6S. The van der Waals surface area contributed by atoms with Gasteiger partial charge >= 0.3 is 0 Å². The summed E-state index contributed by atoms with van der Waals surface area (Å²) in [6.45, 7) is 1.91. The molecule has 0 aromatic heterocycles. The Balaban J connectivity index is 1.98. The average Bonchev–Trinajstić information content (AvgIpc) is 2.72. The van der Waals surface area contributed by atoms with Gasteiger partial charge in [0, 0.05) is 31.4 Å². The third kappa shape index (κ3) is 4.54. The van der Waals surface area contributed by atoms with Gasteiger partial charge in [-0.05, 0) is 43.0 Å². The van der Waals surface area contributed by atoms with Crippen LogP contribution in [0.4, 0.5) is 11.4 Å². The molecule has 154 valence electrons. The van der Waals surface area contributed by atoms with Gasteiger partial charge in [-0.25, -0.2) is 8.42 Å². The Morgan fingerprint density at radius 2 is 1.86 bits per heavy atom. The van der Waals surface area contributed by atoms with E-state index in [4.69, 9.17) is 10.5 Å². The van der Waals surface area contributed by atoms with E-state index >= 15 is 0 Å². The highest BCUT2D eigenvalue weighted by Crippen LogP contribution is 2.34. The topological polar surface area (TPSA) is 142 Å². The van der Waals surface area contributed by atoms with Gasteiger partial charge in [-0.2, -0.15) is 0 Å². The number of nitrogens with one attached hydrogen (secondary N) is 1. The minimum Gasteiger partial charge on any atom is -0.384 e. The zero-order valence-corrected chi connectivity index (χ0v) is 16.4. The summed E-state index contributed by atoms with van der Waals surface area (Å²) in [4.78, 5) is 21.4. The molecule has 29 heavy (non-hydrogen) atoms. The summed E-state index contributed by atoms with van der Waals surface area (Å²) in [5, 5.41) is 14.6. The van der Waals surface area contributed by atoms with Crippen molar-refractivity contribution in [3.63, 3.8) is 0 Å². The maximum Gasteiger partial charge on any atom is 0.289 e. The van der Waals surface area contributed by atoms with E-state index in [9.17, 15) is 23.3 Å². The number of benzene rings is 2. The van der Waals surface area contributed by atoms with Gasteiger partial charge in [-0.3, -0.25) is 14.9 Å². The van der Waals surface area contributed by atoms with Gasteiger partial charge in [0.25, 0.3) is 5.69 Å². The van der Waals surface area contributed by atoms with E-state index in [1.807, 2.05) is 0 Å². The Kier molecular flexibility index (Phi) is 6.14. The van der Waals surface area contributed by atoms with E-state index in [1.165, 1.54) is 12.1 Å². The highest BCUT2D eigenvalue weighted by atomic mass is 32.2. The second-order valence-corrected chi connectivity index (χ2v) is 8.63. The Morgan fingerprint density at radius 3 is 2.52 bits per heavy atom. The van der Waals surface area contributed by atoms with Crippen LogP contribution >= 0.6 is 0 Å². The summed E-state index contributed by atoms with van der Waals surface area (Å²) >= 11 is 0. The maximum absolute atomic E-state index is 13.2. The van der Waals surface area contributed by atoms with Crippen LogP contribution in [0.2, 0.25) is 0 Å². The molecule has 1 fully saturated rings. The number of amides is 1. The van der Waals surface area contributed by atoms with Gasteiger partial charge in [-0.1, -0.05) is 12.1 Å². The van der Waals surface area contributed by atoms with Crippen molar-refractivity contribution in [3.8, 4) is 0 Å². The lowest BCUT2D eigenvalue weighted by molar-refractivity contribution is -0.387. The molecule has 3 rings (SSSR count). The van der Waals surface area contributed by atoms with Crippen LogP contribution in [0.5, 0.6) is 0 Å². The molecule has 0 aliphatic carbocycles. The molecule has 10 heteroatoms. The van der Waals surface area contributed by atoms with E-state index in [2.05, 4.69) is 5.32 Å². The number of carbonyl (C=O) groups excluding carboxylic acids is 1. The number of ether oxygens (including phenoxy) is 1. The van der Waals surface area contributed by atoms with Gasteiger partial charge in [0.15, 0.2) is 0 Å². The number of sulfone groups is 1. The summed E-state index contributed by atoms with van der Waals surface area (Å²) in [6, 6.07) is 9.35. The molecule has 0 radical (unpaired) electrons. The predicted octanol–water partition coefficient (Wildman–Crippen LogP) is 2.37. The first kappa shape index (κ1) is 20.7. The Hall–Kier alpha value is -2.98. The number of carbonyl (C=O) groups is 1. The largest absolute Gasteiger partial charge is 0.384 e. The number of rotatable bonds is 7. The number of nitro groups is 1. The quantitative estimate of drug-likeness (QED) is 0.518. The van der Waals surface area contributed by atoms with Crippen LogP contribution in [0.15, 0.2) is 52.3 Å². The lowest BCUT2D eigenvalue weighted by Gasteiger charge is -2.23. The number of primary amides is 1. The minimum absolute atomic E-state index is 0.0676. The molecule has 2 aromatic rings. The molecule has 0 unspecified atom stereocenters. The van der Waals surface area contributed by atoms with Crippen molar-refractivity contribution in [2.75, 3.05) is 25.1 Å². The highest BCUT2D eigenvalue weighted by Gasteiger charge is 2.30. The summed E-state index contributed by atoms with van der Waals surface area (Å²) in [5.74, 6) is -0.528. The van der Waals surface area contributed by atoms with E-state index in [-0.39, 0.29) is 10.5 Å². The first-order chi connectivity index (χ1) is 13.8. The van der Waals surface area contributed by atoms with Crippen molar-refractivity contribution in [1.82, 2.24) is 0 Å². The van der Waals surface area contributed by atoms with Crippen LogP contribution in [-0.2, 0) is 14.6 Å². The van der Waals surface area contributed by atoms with Crippen LogP contribution in [-0.4, -0.2) is 39.0 Å². The fraction of sp³-hybridized carbons (Fsp3) is 0.316. The fourth-order valence-electron chi connectivity index (χ4n) is 3.21. The third-order valence-electron chi connectivity index (χ3n) is 4.83. The van der Waals surface area contributed by atoms with Crippen molar-refractivity contribution in [2.24, 2.45) is 11.7 Å². The number of hydrogen-bond acceptors (Lipinski definition) is 7. The molecule has 0 bridgehead atoms. The van der Waals surface area contributed by atoms with E-state index in [1.54, 1.807) is 18.2 Å². The standard InChI is InChI=1S/C19H21N3O6S/c20-19(23)14-5-6-18(16(11-14)22(24)25)29(26,27)17-4-2-1-3-15(17)21-12-13-7-9-28-10-8-13/h1-6,11,13,21H,7-10,12H2,(H2,20,23). The Bertz CT molecular complexity index is 1030. The van der Waals surface area contributed by atoms with Crippen LogP contribution in [0, 0.1) is 16.0 Å². The molecule has 1 heterocycles. The molecule has 2 aromatic carbocycles. The summed E-state index contributed by atoms with van der Waals surface area (Å²) in [5.41, 5.74) is 4.69. The Labute approximate surface area is 167 Å². The van der Waals surface area contributed by atoms with E-state index < -0.39 is 31.3 Å². The summed E-state index contributed by atoms with van der Waals surface area (Å²) < 4.78 is 31.8. The Morgan fingerprint density at radius 1 is 1.17 bits per heavy atom. The molecule has 3 N–H and O–H groups in total. The molecule has 1 aliphatic heterocycles. The molecular weight excluding hydrogens is 398 g/mol. The van der Waals surface area contributed by atoms with Gasteiger partial charge in [0.05, 0.1) is 15.5 Å². The van der Waals surface area contributed by atoms with Crippen molar-refractivity contribution in [2.45, 2.75) is 22.6 Å². The first-order valence-electron chi connectivity index (χ1n) is 9.04. The number of nitrogens with zero attached hydrogens (tertiary/aromatic N) is 1. The second kappa shape index (κ2) is 8.58. The number of anilines is 1. The van der Waals surface area contributed by atoms with Crippen LogP contribution in [0.1, 0.15) is 23.2 Å². The lowest BCUT2D eigenvalue weighted by atomic mass is 10.0. The normalized spacial score (nSPS) is 15.0. The van der Waals surface area contributed by atoms with Gasteiger partial charge in [0.1, 0.15) is 4.90 Å². The molecule has 0 atom stereocenters. The van der Waals surface area contributed by atoms with Gasteiger partial charge < -0.3 is 15.8 Å². The first-order valence-corrected chi connectivity index (χ1v) is 10.5. The predicted molar refractivity (Wildman–Crippen MR) is 106 cm³/mol. The number of nitro benzene ring substituents is 1. The van der Waals surface area contributed by atoms with Gasteiger partial charge in [0.2, 0.25) is 15.7 Å². The molecule has 1 aliphatic rings. The maximum atomic E-state index is 13.2. The van der Waals surface area contributed by atoms with Gasteiger partial charge in [-0.15, -0.1) is 0 Å². The third-order valence-corrected chi connectivity index (χ3v) is 6.69. The van der Waals surface area contributed by atoms with Crippen LogP contribution < -0.4 is 11.1 Å². The minimum atomic E-state index is -4.22. The SMILES string of the molecule is NC(=O)c1ccc(S(=O)(=O)c2ccccc2NCC2CCOCC2)c([N+](=O)[O-])c1. The molecule has 1 amide bonds. The number of para-hydroxylation sites is 1. The molecule has 0 spiro atoms. The summed E-state index contributed by atoms with van der Waals surface area (Å²) in [7, 11) is -4.22. The van der Waals surface area contributed by atoms with Crippen molar-refractivity contribution >= 4 is 27.1 Å². The molecule has 0 saturated carbocycles. The number of nitrogens with two attached hydrogens (primary N) is 1. The zero-order valence-electron chi connectivity index (χ0n) is 15.5. The summed E-state index contributed by atoms with van der Waals surface area (Å²) in [6.07, 6.45) is 1.75. The van der Waals surface area contributed by atoms with Crippen molar-refractivity contribution in [1.29, 1.82) is 0 Å². The van der Waals surface area contributed by atoms with Crippen molar-refractivity contribution < 1.29 is 22.9 Å². The number of hydrogen-bond donors (Lipinski definition) is 2. The fourth-order valence-corrected chi connectivity index (χ4v) is 4.79. The molecule has 1 saturated heterocycles. The van der Waals surface area contributed by atoms with E-state index in [0.717, 1.165) is 25.0 Å². The second-order valence-electron chi connectivity index (χ2n) is 6.74. The van der Waals surface area contributed by atoms with Crippen LogP contribution in [0.3, 0.4) is 0 Å². The molecule has 9 nitrogen and oxygen atoms in total. The average molecular weight is 419 g/mol. The zero-order chi connectivity index (χ0) is 21.0. The van der Waals surface area contributed by atoms with Crippen molar-refractivity contribution in [3.05, 3.63) is 58.1 Å². The smallest absolute Gasteiger partial charge is 0.289 e. The van der Waals surface area contributed by atoms with E-state index in [0.29, 0.717) is 31.4 Å². The van der Waals surface area contributed by atoms with Crippen LogP contribution in [0.25, 0.3) is 0 Å².